The van der Waals surface area contributed by atoms with Gasteiger partial charge < -0.3 is 5.43 Å². The number of nitrogen functional groups attached to an aromatic ring is 1. The van der Waals surface area contributed by atoms with Crippen LogP contribution in [-0.2, 0) is 10.0 Å². The fourth-order valence-corrected chi connectivity index (χ4v) is 3.16. The largest absolute Gasteiger partial charge is 0.323 e. The molecule has 0 heterocycles. The first-order chi connectivity index (χ1) is 9.42. The van der Waals surface area contributed by atoms with Crippen molar-refractivity contribution in [1.29, 1.82) is 0 Å². The van der Waals surface area contributed by atoms with E-state index < -0.39 is 14.9 Å². The third-order valence-corrected chi connectivity index (χ3v) is 4.64. The topological polar surface area (TPSA) is 127 Å². The van der Waals surface area contributed by atoms with Gasteiger partial charge in [0, 0.05) is 18.7 Å². The Morgan fingerprint density at radius 1 is 1.45 bits per heavy atom. The normalized spacial score (nSPS) is 11.3. The van der Waals surface area contributed by atoms with Crippen molar-refractivity contribution in [3.8, 4) is 0 Å². The van der Waals surface area contributed by atoms with Gasteiger partial charge in [-0.05, 0) is 24.5 Å². The summed E-state index contributed by atoms with van der Waals surface area (Å²) in [5.41, 5.74) is 2.02. The second-order valence-corrected chi connectivity index (χ2v) is 6.55. The molecule has 0 saturated heterocycles. The molecule has 112 valence electrons. The van der Waals surface area contributed by atoms with E-state index in [2.05, 4.69) is 10.1 Å². The van der Waals surface area contributed by atoms with Gasteiger partial charge in [-0.2, -0.15) is 11.8 Å². The number of nitro groups is 1. The summed E-state index contributed by atoms with van der Waals surface area (Å²) in [5, 5.41) is 10.7. The first kappa shape index (κ1) is 16.7. The summed E-state index contributed by atoms with van der Waals surface area (Å²) < 4.78 is 26.6. The fraction of sp³-hybridized carbons (Fsp3) is 0.400. The van der Waals surface area contributed by atoms with Gasteiger partial charge in [-0.1, -0.05) is 0 Å². The summed E-state index contributed by atoms with van der Waals surface area (Å²) in [6.45, 7) is 0.260. The zero-order valence-corrected chi connectivity index (χ0v) is 12.5. The van der Waals surface area contributed by atoms with Crippen molar-refractivity contribution in [1.82, 2.24) is 4.72 Å². The molecule has 0 atom stereocenters. The number of sulfonamides is 1. The van der Waals surface area contributed by atoms with Crippen LogP contribution in [0.5, 0.6) is 0 Å². The van der Waals surface area contributed by atoms with Gasteiger partial charge in [0.2, 0.25) is 10.0 Å². The number of thioether (sulfide) groups is 1. The SMILES string of the molecule is CSCCCNS(=O)(=O)c1cc([N+](=O)[O-])ccc1NN. The van der Waals surface area contributed by atoms with E-state index in [1.807, 2.05) is 6.26 Å². The molecule has 0 amide bonds. The third-order valence-electron chi connectivity index (χ3n) is 2.44. The van der Waals surface area contributed by atoms with Crippen molar-refractivity contribution >= 4 is 33.2 Å². The van der Waals surface area contributed by atoms with Crippen LogP contribution in [0.3, 0.4) is 0 Å². The third kappa shape index (κ3) is 4.34. The van der Waals surface area contributed by atoms with E-state index in [0.29, 0.717) is 6.42 Å². The van der Waals surface area contributed by atoms with E-state index >= 15 is 0 Å². The van der Waals surface area contributed by atoms with Crippen LogP contribution in [0.4, 0.5) is 11.4 Å². The molecule has 0 saturated carbocycles. The van der Waals surface area contributed by atoms with Crippen molar-refractivity contribution in [3.63, 3.8) is 0 Å². The van der Waals surface area contributed by atoms with Gasteiger partial charge in [0.15, 0.2) is 0 Å². The maximum atomic E-state index is 12.1. The molecule has 0 aliphatic heterocycles. The van der Waals surface area contributed by atoms with Crippen LogP contribution in [0.15, 0.2) is 23.1 Å². The van der Waals surface area contributed by atoms with Crippen LogP contribution in [-0.4, -0.2) is 31.9 Å². The highest BCUT2D eigenvalue weighted by molar-refractivity contribution is 7.98. The number of hydrogen-bond donors (Lipinski definition) is 3. The van der Waals surface area contributed by atoms with E-state index in [9.17, 15) is 18.5 Å². The molecular weight excluding hydrogens is 304 g/mol. The number of non-ortho nitro benzene ring substituents is 1. The lowest BCUT2D eigenvalue weighted by Crippen LogP contribution is -2.26. The minimum absolute atomic E-state index is 0.105. The highest BCUT2D eigenvalue weighted by Gasteiger charge is 2.21. The molecule has 0 aliphatic rings. The summed E-state index contributed by atoms with van der Waals surface area (Å²) in [4.78, 5) is 9.82. The van der Waals surface area contributed by atoms with Gasteiger partial charge in [0.25, 0.3) is 5.69 Å². The van der Waals surface area contributed by atoms with Gasteiger partial charge in [0.1, 0.15) is 4.90 Å². The molecule has 0 radical (unpaired) electrons. The molecule has 20 heavy (non-hydrogen) atoms. The van der Waals surface area contributed by atoms with Crippen molar-refractivity contribution in [3.05, 3.63) is 28.3 Å². The van der Waals surface area contributed by atoms with Crippen LogP contribution >= 0.6 is 11.8 Å². The molecule has 1 aromatic rings. The average molecular weight is 320 g/mol. The zero-order valence-electron chi connectivity index (χ0n) is 10.8. The number of nitro benzene ring substituents is 1. The van der Waals surface area contributed by atoms with Crippen LogP contribution in [0.2, 0.25) is 0 Å². The van der Waals surface area contributed by atoms with Gasteiger partial charge in [-0.3, -0.25) is 16.0 Å². The van der Waals surface area contributed by atoms with Gasteiger partial charge in [-0.15, -0.1) is 0 Å². The summed E-state index contributed by atoms with van der Waals surface area (Å²) in [7, 11) is -3.85. The number of nitrogens with one attached hydrogen (secondary N) is 2. The predicted molar refractivity (Wildman–Crippen MR) is 79.1 cm³/mol. The predicted octanol–water partition coefficient (Wildman–Crippen LogP) is 0.912. The Hall–Kier alpha value is -1.36. The van der Waals surface area contributed by atoms with Crippen molar-refractivity contribution in [2.45, 2.75) is 11.3 Å². The molecule has 1 rings (SSSR count). The monoisotopic (exact) mass is 320 g/mol. The van der Waals surface area contributed by atoms with E-state index in [4.69, 9.17) is 5.84 Å². The first-order valence-electron chi connectivity index (χ1n) is 5.66. The molecule has 1 aromatic carbocycles. The number of hydrazine groups is 1. The number of hydrogen-bond acceptors (Lipinski definition) is 7. The Kier molecular flexibility index (Phi) is 6.20. The quantitative estimate of drug-likeness (QED) is 0.281. The summed E-state index contributed by atoms with van der Waals surface area (Å²) >= 11 is 1.61. The molecule has 0 aromatic heterocycles. The van der Waals surface area contributed by atoms with E-state index in [1.54, 1.807) is 11.8 Å². The Morgan fingerprint density at radius 2 is 2.15 bits per heavy atom. The second kappa shape index (κ2) is 7.43. The number of rotatable bonds is 8. The molecule has 0 spiro atoms. The maximum Gasteiger partial charge on any atom is 0.270 e. The minimum atomic E-state index is -3.85. The standard InChI is InChI=1S/C10H16N4O4S2/c1-19-6-2-5-12-20(17,18)10-7-8(14(15)16)3-4-9(10)13-11/h3-4,7,12-13H,2,5-6,11H2,1H3. The molecule has 0 aliphatic carbocycles. The smallest absolute Gasteiger partial charge is 0.270 e. The lowest BCUT2D eigenvalue weighted by atomic mass is 10.3. The number of anilines is 1. The summed E-state index contributed by atoms with van der Waals surface area (Å²) in [6, 6.07) is 3.42. The summed E-state index contributed by atoms with van der Waals surface area (Å²) in [6.07, 6.45) is 2.59. The Bertz CT molecular complexity index is 577. The van der Waals surface area contributed by atoms with E-state index in [0.717, 1.165) is 11.8 Å². The second-order valence-electron chi connectivity index (χ2n) is 3.83. The molecule has 8 nitrogen and oxygen atoms in total. The van der Waals surface area contributed by atoms with Crippen molar-refractivity contribution in [2.24, 2.45) is 5.84 Å². The first-order valence-corrected chi connectivity index (χ1v) is 8.53. The average Bonchev–Trinajstić information content (AvgIpc) is 2.42. The van der Waals surface area contributed by atoms with E-state index in [-0.39, 0.29) is 22.8 Å². The Balaban J connectivity index is 3.02. The number of nitrogens with zero attached hydrogens (tertiary/aromatic N) is 1. The van der Waals surface area contributed by atoms with Crippen LogP contribution in [0.1, 0.15) is 6.42 Å². The highest BCUT2D eigenvalue weighted by Crippen LogP contribution is 2.25. The number of benzene rings is 1. The van der Waals surface area contributed by atoms with Gasteiger partial charge in [-0.25, -0.2) is 13.1 Å². The highest BCUT2D eigenvalue weighted by atomic mass is 32.2. The molecule has 4 N–H and O–H groups in total. The van der Waals surface area contributed by atoms with Crippen molar-refractivity contribution in [2.75, 3.05) is 24.0 Å². The maximum absolute atomic E-state index is 12.1. The van der Waals surface area contributed by atoms with Crippen molar-refractivity contribution < 1.29 is 13.3 Å². The molecule has 0 bridgehead atoms. The molecule has 0 unspecified atom stereocenters. The number of nitrogens with two attached hydrogens (primary N) is 1. The van der Waals surface area contributed by atoms with E-state index in [1.165, 1.54) is 12.1 Å². The molecule has 10 heteroatoms. The zero-order chi connectivity index (χ0) is 15.2. The Morgan fingerprint density at radius 3 is 2.70 bits per heavy atom. The minimum Gasteiger partial charge on any atom is -0.323 e. The van der Waals surface area contributed by atoms with Crippen LogP contribution < -0.4 is 16.0 Å². The Labute approximate surface area is 121 Å². The van der Waals surface area contributed by atoms with Gasteiger partial charge >= 0.3 is 0 Å². The molecule has 0 fully saturated rings. The summed E-state index contributed by atoms with van der Waals surface area (Å²) in [5.74, 6) is 6.05. The molecular formula is C10H16N4O4S2. The van der Waals surface area contributed by atoms with Crippen LogP contribution in [0.25, 0.3) is 0 Å². The van der Waals surface area contributed by atoms with Crippen LogP contribution in [0, 0.1) is 10.1 Å². The lowest BCUT2D eigenvalue weighted by Gasteiger charge is -2.10. The fourth-order valence-electron chi connectivity index (χ4n) is 1.47. The lowest BCUT2D eigenvalue weighted by molar-refractivity contribution is -0.385. The van der Waals surface area contributed by atoms with Gasteiger partial charge in [0.05, 0.1) is 10.6 Å².